The van der Waals surface area contributed by atoms with E-state index >= 15 is 0 Å². The van der Waals surface area contributed by atoms with Crippen molar-refractivity contribution in [3.63, 3.8) is 0 Å². The largest absolute Gasteiger partial charge is 0.251 e. The molecule has 9 heavy (non-hydrogen) atoms. The zero-order chi connectivity index (χ0) is 6.85. The maximum absolute atomic E-state index is 12.6. The predicted molar refractivity (Wildman–Crippen MR) is 34.9 cm³/mol. The first kappa shape index (κ1) is 7.15. The summed E-state index contributed by atoms with van der Waals surface area (Å²) in [4.78, 5) is 0. The molecule has 54 valence electrons. The minimum absolute atomic E-state index is 0.384. The molecule has 2 nitrogen and oxygen atoms in total. The Balaban J connectivity index is 2.49. The molecule has 0 saturated heterocycles. The number of nitrogens with two attached hydrogens (primary N) is 1. The first-order valence-corrected chi connectivity index (χ1v) is 4.28. The number of rotatable bonds is 1. The van der Waals surface area contributed by atoms with Gasteiger partial charge in [0, 0.05) is 0 Å². The summed E-state index contributed by atoms with van der Waals surface area (Å²) >= 11 is 0. The van der Waals surface area contributed by atoms with Crippen LogP contribution in [0.4, 0.5) is 4.39 Å². The molecule has 1 aliphatic carbocycles. The molecule has 0 radical (unpaired) electrons. The van der Waals surface area contributed by atoms with Gasteiger partial charge in [0.15, 0.2) is 0 Å². The first-order valence-electron chi connectivity index (χ1n) is 3.01. The molecule has 0 bridgehead atoms. The van der Waals surface area contributed by atoms with Gasteiger partial charge in [-0.15, -0.1) is 0 Å². The SMILES string of the molecule is NS(=O)C1CCCC1F. The summed E-state index contributed by atoms with van der Waals surface area (Å²) in [6.07, 6.45) is 1.13. The van der Waals surface area contributed by atoms with Crippen LogP contribution in [0.2, 0.25) is 0 Å². The normalized spacial score (nSPS) is 38.9. The van der Waals surface area contributed by atoms with Gasteiger partial charge in [-0.2, -0.15) is 0 Å². The Kier molecular flexibility index (Phi) is 2.18. The van der Waals surface area contributed by atoms with E-state index in [-0.39, 0.29) is 5.25 Å². The van der Waals surface area contributed by atoms with Crippen LogP contribution in [0.1, 0.15) is 19.3 Å². The summed E-state index contributed by atoms with van der Waals surface area (Å²) in [5, 5.41) is 4.64. The van der Waals surface area contributed by atoms with Crippen molar-refractivity contribution in [3.8, 4) is 0 Å². The van der Waals surface area contributed by atoms with E-state index in [4.69, 9.17) is 5.14 Å². The predicted octanol–water partition coefficient (Wildman–Crippen LogP) is 0.499. The summed E-state index contributed by atoms with van der Waals surface area (Å²) in [7, 11) is -1.45. The summed E-state index contributed by atoms with van der Waals surface area (Å²) in [6, 6.07) is 0. The molecular weight excluding hydrogens is 141 g/mol. The fraction of sp³-hybridized carbons (Fsp3) is 1.00. The van der Waals surface area contributed by atoms with Crippen LogP contribution in [0.5, 0.6) is 0 Å². The van der Waals surface area contributed by atoms with Crippen molar-refractivity contribution in [1.29, 1.82) is 0 Å². The molecule has 3 atom stereocenters. The second kappa shape index (κ2) is 2.75. The van der Waals surface area contributed by atoms with Crippen molar-refractivity contribution in [2.45, 2.75) is 30.7 Å². The zero-order valence-corrected chi connectivity index (χ0v) is 5.86. The molecule has 0 aromatic rings. The standard InChI is InChI=1S/C5H10FNOS/c6-4-2-1-3-5(4)9(7)8/h4-5H,1-3,7H2. The quantitative estimate of drug-likeness (QED) is 0.582. The molecule has 4 heteroatoms. The van der Waals surface area contributed by atoms with E-state index in [9.17, 15) is 8.60 Å². The topological polar surface area (TPSA) is 43.1 Å². The highest BCUT2D eigenvalue weighted by molar-refractivity contribution is 7.83. The Hall–Kier alpha value is 0.0400. The van der Waals surface area contributed by atoms with Gasteiger partial charge < -0.3 is 0 Å². The van der Waals surface area contributed by atoms with E-state index in [2.05, 4.69) is 0 Å². The van der Waals surface area contributed by atoms with Crippen LogP contribution in [0, 0.1) is 0 Å². The average molecular weight is 151 g/mol. The van der Waals surface area contributed by atoms with Gasteiger partial charge in [0.2, 0.25) is 0 Å². The van der Waals surface area contributed by atoms with Crippen molar-refractivity contribution in [3.05, 3.63) is 0 Å². The van der Waals surface area contributed by atoms with Gasteiger partial charge in [0.05, 0.1) is 16.2 Å². The monoisotopic (exact) mass is 151 g/mol. The van der Waals surface area contributed by atoms with E-state index in [0.717, 1.165) is 6.42 Å². The fourth-order valence-corrected chi connectivity index (χ4v) is 1.97. The van der Waals surface area contributed by atoms with E-state index in [0.29, 0.717) is 12.8 Å². The van der Waals surface area contributed by atoms with Crippen LogP contribution < -0.4 is 5.14 Å². The fourth-order valence-electron chi connectivity index (χ4n) is 1.14. The number of alkyl halides is 1. The van der Waals surface area contributed by atoms with Crippen LogP contribution in [0.3, 0.4) is 0 Å². The van der Waals surface area contributed by atoms with Gasteiger partial charge >= 0.3 is 0 Å². The highest BCUT2D eigenvalue weighted by Crippen LogP contribution is 2.24. The van der Waals surface area contributed by atoms with Gasteiger partial charge in [-0.3, -0.25) is 5.14 Å². The summed E-state index contributed by atoms with van der Waals surface area (Å²) in [5.41, 5.74) is 0. The van der Waals surface area contributed by atoms with Crippen molar-refractivity contribution >= 4 is 11.0 Å². The van der Waals surface area contributed by atoms with Crippen LogP contribution in [-0.2, 0) is 11.0 Å². The van der Waals surface area contributed by atoms with E-state index in [1.165, 1.54) is 0 Å². The van der Waals surface area contributed by atoms with E-state index in [1.807, 2.05) is 0 Å². The number of hydrogen-bond acceptors (Lipinski definition) is 1. The maximum Gasteiger partial charge on any atom is 0.116 e. The lowest BCUT2D eigenvalue weighted by Gasteiger charge is -2.06. The highest BCUT2D eigenvalue weighted by atomic mass is 32.2. The Bertz CT molecular complexity index is 130. The molecule has 0 spiro atoms. The Morgan fingerprint density at radius 3 is 2.44 bits per heavy atom. The average Bonchev–Trinajstić information content (AvgIpc) is 2.13. The third-order valence-electron chi connectivity index (χ3n) is 1.67. The molecule has 0 aromatic carbocycles. The molecule has 1 aliphatic rings. The van der Waals surface area contributed by atoms with Gasteiger partial charge in [-0.05, 0) is 19.3 Å². The summed E-state index contributed by atoms with van der Waals surface area (Å²) in [6.45, 7) is 0. The molecule has 2 N–H and O–H groups in total. The lowest BCUT2D eigenvalue weighted by molar-refractivity contribution is 0.346. The molecule has 0 aromatic heterocycles. The lowest BCUT2D eigenvalue weighted by Crippen LogP contribution is -2.26. The van der Waals surface area contributed by atoms with E-state index < -0.39 is 17.2 Å². The van der Waals surface area contributed by atoms with E-state index in [1.54, 1.807) is 0 Å². The molecule has 1 rings (SSSR count). The van der Waals surface area contributed by atoms with Gasteiger partial charge in [0.1, 0.15) is 6.17 Å². The Morgan fingerprint density at radius 2 is 2.22 bits per heavy atom. The van der Waals surface area contributed by atoms with Crippen LogP contribution in [0.25, 0.3) is 0 Å². The van der Waals surface area contributed by atoms with Crippen LogP contribution in [0.15, 0.2) is 0 Å². The molecule has 0 amide bonds. The molecule has 0 aliphatic heterocycles. The Labute approximate surface area is 56.2 Å². The number of halogens is 1. The van der Waals surface area contributed by atoms with Crippen molar-refractivity contribution < 1.29 is 8.60 Å². The maximum atomic E-state index is 12.6. The van der Waals surface area contributed by atoms with Crippen molar-refractivity contribution in [2.24, 2.45) is 5.14 Å². The summed E-state index contributed by atoms with van der Waals surface area (Å²) in [5.74, 6) is 0. The third kappa shape index (κ3) is 1.49. The van der Waals surface area contributed by atoms with Crippen molar-refractivity contribution in [1.82, 2.24) is 0 Å². The van der Waals surface area contributed by atoms with Crippen LogP contribution >= 0.6 is 0 Å². The second-order valence-electron chi connectivity index (χ2n) is 2.31. The second-order valence-corrected chi connectivity index (χ2v) is 3.58. The lowest BCUT2D eigenvalue weighted by atomic mass is 10.3. The minimum Gasteiger partial charge on any atom is -0.251 e. The summed E-state index contributed by atoms with van der Waals surface area (Å²) < 4.78 is 23.1. The molecule has 0 heterocycles. The van der Waals surface area contributed by atoms with Gasteiger partial charge in [-0.1, -0.05) is 0 Å². The van der Waals surface area contributed by atoms with Gasteiger partial charge in [0.25, 0.3) is 0 Å². The smallest absolute Gasteiger partial charge is 0.116 e. The van der Waals surface area contributed by atoms with Gasteiger partial charge in [-0.25, -0.2) is 8.60 Å². The third-order valence-corrected chi connectivity index (χ3v) is 2.80. The molecule has 3 unspecified atom stereocenters. The minimum atomic E-state index is -1.45. The Morgan fingerprint density at radius 1 is 1.56 bits per heavy atom. The molecule has 1 saturated carbocycles. The zero-order valence-electron chi connectivity index (χ0n) is 5.05. The molecular formula is C5H10FNOS. The highest BCUT2D eigenvalue weighted by Gasteiger charge is 2.30. The van der Waals surface area contributed by atoms with Crippen LogP contribution in [-0.4, -0.2) is 15.6 Å². The number of hydrogen-bond donors (Lipinski definition) is 1. The molecule has 1 fully saturated rings. The van der Waals surface area contributed by atoms with Crippen molar-refractivity contribution in [2.75, 3.05) is 0 Å². The first-order chi connectivity index (χ1) is 4.22.